The summed E-state index contributed by atoms with van der Waals surface area (Å²) >= 11 is 0. The van der Waals surface area contributed by atoms with E-state index in [4.69, 9.17) is 14.6 Å². The second-order valence-corrected chi connectivity index (χ2v) is 8.56. The number of hydrogen-bond acceptors (Lipinski definition) is 6. The highest BCUT2D eigenvalue weighted by molar-refractivity contribution is 5.87. The Morgan fingerprint density at radius 1 is 1.30 bits per heavy atom. The van der Waals surface area contributed by atoms with Crippen molar-refractivity contribution in [2.24, 2.45) is 0 Å². The number of pyridine rings is 2. The number of carbonyl (C=O) groups is 1. The number of carbonyl (C=O) groups excluding carboxylic acids is 1. The molecule has 33 heavy (non-hydrogen) atoms. The molecule has 1 unspecified atom stereocenters. The highest BCUT2D eigenvalue weighted by Crippen LogP contribution is 2.37. The lowest BCUT2D eigenvalue weighted by Crippen LogP contribution is -2.46. The van der Waals surface area contributed by atoms with Gasteiger partial charge in [0.2, 0.25) is 0 Å². The van der Waals surface area contributed by atoms with Gasteiger partial charge in [0.15, 0.2) is 5.60 Å². The highest BCUT2D eigenvalue weighted by atomic mass is 16.7. The SMILES string of the molecule is CCC(O)(C(=O)N(C)OC)c1cc2n(c(=O)c1COC(C)C)Cc1cc3ccccc3nc1-2. The first-order valence-electron chi connectivity index (χ1n) is 11.0. The molecule has 1 aliphatic rings. The van der Waals surface area contributed by atoms with Crippen LogP contribution in [0.15, 0.2) is 41.2 Å². The van der Waals surface area contributed by atoms with Crippen molar-refractivity contribution < 1.29 is 19.5 Å². The maximum atomic E-state index is 13.7. The minimum absolute atomic E-state index is 0.0237. The number of para-hydroxylation sites is 1. The van der Waals surface area contributed by atoms with Crippen molar-refractivity contribution in [1.82, 2.24) is 14.6 Å². The van der Waals surface area contributed by atoms with Crippen molar-refractivity contribution >= 4 is 16.8 Å². The monoisotopic (exact) mass is 451 g/mol. The zero-order chi connectivity index (χ0) is 23.9. The lowest BCUT2D eigenvalue weighted by atomic mass is 9.86. The maximum absolute atomic E-state index is 13.7. The molecule has 2 aromatic heterocycles. The Morgan fingerprint density at radius 3 is 2.70 bits per heavy atom. The van der Waals surface area contributed by atoms with E-state index in [1.54, 1.807) is 17.6 Å². The Kier molecular flexibility index (Phi) is 6.09. The number of rotatable bonds is 7. The molecule has 0 aliphatic carbocycles. The number of benzene rings is 1. The molecule has 1 atom stereocenters. The first kappa shape index (κ1) is 23.1. The molecule has 4 rings (SSSR count). The van der Waals surface area contributed by atoms with Crippen LogP contribution in [0.2, 0.25) is 0 Å². The van der Waals surface area contributed by atoms with Gasteiger partial charge >= 0.3 is 0 Å². The number of aliphatic hydroxyl groups is 1. The van der Waals surface area contributed by atoms with Gasteiger partial charge in [-0.3, -0.25) is 14.4 Å². The van der Waals surface area contributed by atoms with E-state index in [-0.39, 0.29) is 35.8 Å². The normalized spacial score (nSPS) is 14.3. The third-order valence-corrected chi connectivity index (χ3v) is 6.21. The van der Waals surface area contributed by atoms with Crippen LogP contribution in [0.1, 0.15) is 43.9 Å². The summed E-state index contributed by atoms with van der Waals surface area (Å²) in [7, 11) is 2.77. The van der Waals surface area contributed by atoms with Gasteiger partial charge in [-0.15, -0.1) is 0 Å². The minimum atomic E-state index is -1.96. The van der Waals surface area contributed by atoms with Crippen LogP contribution in [-0.2, 0) is 33.1 Å². The fourth-order valence-electron chi connectivity index (χ4n) is 4.27. The molecule has 8 nitrogen and oxygen atoms in total. The zero-order valence-electron chi connectivity index (χ0n) is 19.6. The fraction of sp³-hybridized carbons (Fsp3) is 0.400. The Morgan fingerprint density at radius 2 is 2.03 bits per heavy atom. The number of amides is 1. The molecule has 174 valence electrons. The number of fused-ring (bicyclic) bond motifs is 4. The topological polar surface area (TPSA) is 93.9 Å². The van der Waals surface area contributed by atoms with E-state index in [0.717, 1.165) is 21.5 Å². The molecule has 1 amide bonds. The lowest BCUT2D eigenvalue weighted by molar-refractivity contribution is -0.190. The molecular weight excluding hydrogens is 422 g/mol. The predicted molar refractivity (Wildman–Crippen MR) is 124 cm³/mol. The van der Waals surface area contributed by atoms with Crippen molar-refractivity contribution in [1.29, 1.82) is 0 Å². The van der Waals surface area contributed by atoms with Gasteiger partial charge in [-0.25, -0.2) is 10.0 Å². The Balaban J connectivity index is 1.97. The van der Waals surface area contributed by atoms with Crippen LogP contribution < -0.4 is 5.56 Å². The van der Waals surface area contributed by atoms with Gasteiger partial charge in [0.25, 0.3) is 11.5 Å². The van der Waals surface area contributed by atoms with E-state index < -0.39 is 11.5 Å². The first-order valence-corrected chi connectivity index (χ1v) is 11.0. The average Bonchev–Trinajstić information content (AvgIpc) is 3.17. The van der Waals surface area contributed by atoms with Crippen molar-refractivity contribution in [2.75, 3.05) is 14.2 Å². The van der Waals surface area contributed by atoms with Crippen LogP contribution in [0, 0.1) is 0 Å². The van der Waals surface area contributed by atoms with Crippen LogP contribution in [0.25, 0.3) is 22.3 Å². The Hall–Kier alpha value is -3.07. The van der Waals surface area contributed by atoms with E-state index in [2.05, 4.69) is 0 Å². The number of aromatic nitrogens is 2. The van der Waals surface area contributed by atoms with Gasteiger partial charge in [-0.1, -0.05) is 25.1 Å². The van der Waals surface area contributed by atoms with E-state index in [9.17, 15) is 14.7 Å². The summed E-state index contributed by atoms with van der Waals surface area (Å²) in [6.45, 7) is 5.77. The number of ether oxygens (including phenoxy) is 1. The molecule has 0 radical (unpaired) electrons. The van der Waals surface area contributed by atoms with Gasteiger partial charge < -0.3 is 14.4 Å². The highest BCUT2D eigenvalue weighted by Gasteiger charge is 2.42. The van der Waals surface area contributed by atoms with E-state index >= 15 is 0 Å². The van der Waals surface area contributed by atoms with E-state index in [1.165, 1.54) is 14.2 Å². The summed E-state index contributed by atoms with van der Waals surface area (Å²) in [5.41, 5.74) is 1.19. The minimum Gasteiger partial charge on any atom is -0.375 e. The molecule has 1 N–H and O–H groups in total. The second kappa shape index (κ2) is 8.70. The lowest BCUT2D eigenvalue weighted by Gasteiger charge is -2.31. The molecule has 0 saturated heterocycles. The molecule has 0 bridgehead atoms. The molecule has 0 spiro atoms. The quantitative estimate of drug-likeness (QED) is 0.434. The third-order valence-electron chi connectivity index (χ3n) is 6.21. The van der Waals surface area contributed by atoms with Gasteiger partial charge in [-0.2, -0.15) is 0 Å². The van der Waals surface area contributed by atoms with Crippen LogP contribution in [0.3, 0.4) is 0 Å². The average molecular weight is 452 g/mol. The van der Waals surface area contributed by atoms with Crippen LogP contribution in [-0.4, -0.2) is 45.9 Å². The molecule has 0 saturated carbocycles. The Labute approximate surface area is 192 Å². The van der Waals surface area contributed by atoms with E-state index in [0.29, 0.717) is 17.9 Å². The smallest absolute Gasteiger partial charge is 0.282 e. The van der Waals surface area contributed by atoms with Crippen molar-refractivity contribution in [3.8, 4) is 11.4 Å². The maximum Gasteiger partial charge on any atom is 0.282 e. The van der Waals surface area contributed by atoms with Crippen molar-refractivity contribution in [3.63, 3.8) is 0 Å². The number of nitrogens with zero attached hydrogens (tertiary/aromatic N) is 3. The number of hydroxylamine groups is 2. The number of hydrogen-bond donors (Lipinski definition) is 1. The third kappa shape index (κ3) is 3.84. The summed E-state index contributed by atoms with van der Waals surface area (Å²) in [6, 6.07) is 11.5. The molecule has 3 aromatic rings. The summed E-state index contributed by atoms with van der Waals surface area (Å²) in [4.78, 5) is 36.6. The standard InChI is InChI=1S/C25H29N3O5/c1-6-25(31,24(30)27(4)32-5)19-12-21-22-17(11-16-9-7-8-10-20(16)26-22)13-28(21)23(29)18(19)14-33-15(2)3/h7-12,15,31H,6,13-14H2,1-5H3. The second-order valence-electron chi connectivity index (χ2n) is 8.56. The fourth-order valence-corrected chi connectivity index (χ4v) is 4.27. The summed E-state index contributed by atoms with van der Waals surface area (Å²) in [6.07, 6.45) is -0.0819. The van der Waals surface area contributed by atoms with Crippen LogP contribution in [0.5, 0.6) is 0 Å². The summed E-state index contributed by atoms with van der Waals surface area (Å²) < 4.78 is 7.40. The van der Waals surface area contributed by atoms with E-state index in [1.807, 2.05) is 44.2 Å². The van der Waals surface area contributed by atoms with Gasteiger partial charge in [-0.05, 0) is 38.5 Å². The molecule has 1 aromatic carbocycles. The van der Waals surface area contributed by atoms with Gasteiger partial charge in [0.1, 0.15) is 0 Å². The van der Waals surface area contributed by atoms with Crippen molar-refractivity contribution in [2.45, 2.75) is 52.0 Å². The first-order chi connectivity index (χ1) is 15.7. The largest absolute Gasteiger partial charge is 0.375 e. The van der Waals surface area contributed by atoms with Crippen LogP contribution in [0.4, 0.5) is 0 Å². The number of likely N-dealkylation sites (N-methyl/N-ethyl adjacent to an activating group) is 1. The predicted octanol–water partition coefficient (Wildman–Crippen LogP) is 2.97. The van der Waals surface area contributed by atoms with Gasteiger partial charge in [0, 0.05) is 29.1 Å². The molecule has 1 aliphatic heterocycles. The summed E-state index contributed by atoms with van der Waals surface area (Å²) in [5, 5.41) is 13.5. The zero-order valence-corrected chi connectivity index (χ0v) is 19.6. The van der Waals surface area contributed by atoms with Gasteiger partial charge in [0.05, 0.1) is 43.3 Å². The van der Waals surface area contributed by atoms with Crippen molar-refractivity contribution in [3.05, 3.63) is 63.4 Å². The molecule has 3 heterocycles. The molecular formula is C25H29N3O5. The molecule has 8 heteroatoms. The van der Waals surface area contributed by atoms with Crippen LogP contribution >= 0.6 is 0 Å². The molecule has 0 fully saturated rings. The Bertz CT molecular complexity index is 1280. The summed E-state index contributed by atoms with van der Waals surface area (Å²) in [5.74, 6) is -0.660.